The van der Waals surface area contributed by atoms with Crippen molar-refractivity contribution in [2.75, 3.05) is 33.4 Å². The van der Waals surface area contributed by atoms with Gasteiger partial charge in [0.25, 0.3) is 0 Å². The summed E-state index contributed by atoms with van der Waals surface area (Å²) in [5.41, 5.74) is 0. The van der Waals surface area contributed by atoms with Gasteiger partial charge in [-0.3, -0.25) is 9.69 Å². The Morgan fingerprint density at radius 2 is 2.26 bits per heavy atom. The Bertz CT molecular complexity index is 394. The first kappa shape index (κ1) is 13.6. The van der Waals surface area contributed by atoms with Gasteiger partial charge in [0.1, 0.15) is 12.6 Å². The summed E-state index contributed by atoms with van der Waals surface area (Å²) in [6.45, 7) is 0.744. The third-order valence-electron chi connectivity index (χ3n) is 3.47. The number of nitrogens with one attached hydrogen (secondary N) is 1. The molecule has 19 heavy (non-hydrogen) atoms. The number of ether oxygens (including phenoxy) is 1. The molecule has 2 aliphatic rings. The molecule has 0 aliphatic carbocycles. The highest BCUT2D eigenvalue weighted by Crippen LogP contribution is 2.15. The first-order valence-electron chi connectivity index (χ1n) is 6.11. The molecule has 2 N–H and O–H groups in total. The standard InChI is InChI=1S/C11H17N3O5/c1-13(7-2-3-19-6-7)11(18)14-5-9(15)12-4-8(14)10(16)17/h7-8H,2-6H2,1H3,(H,12,15)(H,16,17). The van der Waals surface area contributed by atoms with E-state index in [1.54, 1.807) is 7.05 Å². The largest absolute Gasteiger partial charge is 0.480 e. The fourth-order valence-electron chi connectivity index (χ4n) is 2.25. The Labute approximate surface area is 110 Å². The Balaban J connectivity index is 2.09. The SMILES string of the molecule is CN(C(=O)N1CC(=O)NCC1C(=O)O)C1CCOC1. The number of aliphatic carboxylic acids is 1. The number of hydrogen-bond donors (Lipinski definition) is 2. The number of hydrogen-bond acceptors (Lipinski definition) is 4. The number of amides is 3. The lowest BCUT2D eigenvalue weighted by Gasteiger charge is -2.36. The van der Waals surface area contributed by atoms with E-state index in [1.807, 2.05) is 0 Å². The van der Waals surface area contributed by atoms with Gasteiger partial charge in [0.05, 0.1) is 12.6 Å². The van der Waals surface area contributed by atoms with Crippen LogP contribution in [0.3, 0.4) is 0 Å². The van der Waals surface area contributed by atoms with Gasteiger partial charge in [-0.1, -0.05) is 0 Å². The number of nitrogens with zero attached hydrogens (tertiary/aromatic N) is 2. The second-order valence-electron chi connectivity index (χ2n) is 4.70. The van der Waals surface area contributed by atoms with E-state index in [-0.39, 0.29) is 25.0 Å². The molecular weight excluding hydrogens is 254 g/mol. The van der Waals surface area contributed by atoms with Crippen molar-refractivity contribution in [2.45, 2.75) is 18.5 Å². The maximum absolute atomic E-state index is 12.3. The quantitative estimate of drug-likeness (QED) is 0.651. The normalized spacial score (nSPS) is 27.0. The van der Waals surface area contributed by atoms with Crippen molar-refractivity contribution in [1.29, 1.82) is 0 Å². The van der Waals surface area contributed by atoms with E-state index in [0.29, 0.717) is 13.2 Å². The van der Waals surface area contributed by atoms with Gasteiger partial charge in [0.15, 0.2) is 0 Å². The average molecular weight is 271 g/mol. The van der Waals surface area contributed by atoms with Crippen molar-refractivity contribution in [3.8, 4) is 0 Å². The van der Waals surface area contributed by atoms with Gasteiger partial charge in [0, 0.05) is 20.2 Å². The maximum atomic E-state index is 12.3. The lowest BCUT2D eigenvalue weighted by atomic mass is 10.2. The Morgan fingerprint density at radius 1 is 1.53 bits per heavy atom. The molecular formula is C11H17N3O5. The molecule has 8 nitrogen and oxygen atoms in total. The minimum absolute atomic E-state index is 0.0606. The average Bonchev–Trinajstić information content (AvgIpc) is 2.90. The molecule has 8 heteroatoms. The van der Waals surface area contributed by atoms with Crippen LogP contribution >= 0.6 is 0 Å². The summed E-state index contributed by atoms with van der Waals surface area (Å²) in [6.07, 6.45) is 0.722. The van der Waals surface area contributed by atoms with Crippen LogP contribution in [0.2, 0.25) is 0 Å². The first-order valence-corrected chi connectivity index (χ1v) is 6.11. The zero-order valence-electron chi connectivity index (χ0n) is 10.7. The molecule has 2 fully saturated rings. The van der Waals surface area contributed by atoms with Crippen molar-refractivity contribution < 1.29 is 24.2 Å². The number of carbonyl (C=O) groups excluding carboxylic acids is 2. The molecule has 0 aromatic carbocycles. The molecule has 2 aliphatic heterocycles. The number of carboxylic acids is 1. The van der Waals surface area contributed by atoms with Crippen molar-refractivity contribution >= 4 is 17.9 Å². The third-order valence-corrected chi connectivity index (χ3v) is 3.47. The molecule has 2 rings (SSSR count). The smallest absolute Gasteiger partial charge is 0.328 e. The highest BCUT2D eigenvalue weighted by Gasteiger charge is 2.38. The third kappa shape index (κ3) is 2.78. The summed E-state index contributed by atoms with van der Waals surface area (Å²) in [5, 5.41) is 11.6. The summed E-state index contributed by atoms with van der Waals surface area (Å²) in [7, 11) is 1.60. The van der Waals surface area contributed by atoms with Crippen LogP contribution < -0.4 is 5.32 Å². The van der Waals surface area contributed by atoms with E-state index in [9.17, 15) is 14.4 Å². The predicted octanol–water partition coefficient (Wildman–Crippen LogP) is -1.29. The molecule has 2 unspecified atom stereocenters. The fourth-order valence-corrected chi connectivity index (χ4v) is 2.25. The minimum atomic E-state index is -1.12. The van der Waals surface area contributed by atoms with Gasteiger partial charge in [0.2, 0.25) is 5.91 Å². The zero-order chi connectivity index (χ0) is 14.0. The predicted molar refractivity (Wildman–Crippen MR) is 63.5 cm³/mol. The number of carboxylic acid groups (broad SMARTS) is 1. The minimum Gasteiger partial charge on any atom is -0.480 e. The zero-order valence-corrected chi connectivity index (χ0v) is 10.7. The number of urea groups is 1. The van der Waals surface area contributed by atoms with Gasteiger partial charge in [-0.05, 0) is 6.42 Å². The van der Waals surface area contributed by atoms with Crippen molar-refractivity contribution in [1.82, 2.24) is 15.1 Å². The molecule has 2 saturated heterocycles. The molecule has 106 valence electrons. The summed E-state index contributed by atoms with van der Waals surface area (Å²) in [4.78, 5) is 37.3. The van der Waals surface area contributed by atoms with E-state index in [0.717, 1.165) is 11.3 Å². The van der Waals surface area contributed by atoms with Crippen LogP contribution in [0.15, 0.2) is 0 Å². The molecule has 0 aromatic rings. The molecule has 2 atom stereocenters. The lowest BCUT2D eigenvalue weighted by molar-refractivity contribution is -0.144. The Hall–Kier alpha value is -1.83. The number of likely N-dealkylation sites (N-methyl/N-ethyl adjacent to an activating group) is 1. The van der Waals surface area contributed by atoms with Crippen molar-refractivity contribution in [3.63, 3.8) is 0 Å². The topological polar surface area (TPSA) is 99.2 Å². The Kier molecular flexibility index (Phi) is 3.89. The van der Waals surface area contributed by atoms with Gasteiger partial charge in [-0.2, -0.15) is 0 Å². The molecule has 0 saturated carbocycles. The molecule has 2 heterocycles. The van der Waals surface area contributed by atoms with E-state index >= 15 is 0 Å². The molecule has 3 amide bonds. The first-order chi connectivity index (χ1) is 9.00. The van der Waals surface area contributed by atoms with Gasteiger partial charge in [-0.25, -0.2) is 9.59 Å². The van der Waals surface area contributed by atoms with E-state index in [1.165, 1.54) is 4.90 Å². The van der Waals surface area contributed by atoms with Crippen LogP contribution in [0, 0.1) is 0 Å². The number of piperazine rings is 1. The molecule has 0 spiro atoms. The lowest BCUT2D eigenvalue weighted by Crippen LogP contribution is -2.62. The van der Waals surface area contributed by atoms with Crippen LogP contribution in [0.4, 0.5) is 4.79 Å². The monoisotopic (exact) mass is 271 g/mol. The van der Waals surface area contributed by atoms with Crippen molar-refractivity contribution in [2.24, 2.45) is 0 Å². The highest BCUT2D eigenvalue weighted by atomic mass is 16.5. The number of carbonyl (C=O) groups is 3. The summed E-state index contributed by atoms with van der Waals surface area (Å²) < 4.78 is 5.20. The van der Waals surface area contributed by atoms with E-state index in [4.69, 9.17) is 9.84 Å². The van der Waals surface area contributed by atoms with Gasteiger partial charge < -0.3 is 20.1 Å². The van der Waals surface area contributed by atoms with Crippen LogP contribution in [-0.2, 0) is 14.3 Å². The second kappa shape index (κ2) is 5.43. The van der Waals surface area contributed by atoms with Crippen LogP contribution in [0.5, 0.6) is 0 Å². The van der Waals surface area contributed by atoms with Crippen LogP contribution in [-0.4, -0.2) is 78.2 Å². The second-order valence-corrected chi connectivity index (χ2v) is 4.70. The molecule has 0 radical (unpaired) electrons. The van der Waals surface area contributed by atoms with E-state index < -0.39 is 18.0 Å². The molecule has 0 aromatic heterocycles. The summed E-state index contributed by atoms with van der Waals surface area (Å²) in [6, 6.07) is -1.53. The maximum Gasteiger partial charge on any atom is 0.328 e. The van der Waals surface area contributed by atoms with E-state index in [2.05, 4.69) is 5.32 Å². The fraction of sp³-hybridized carbons (Fsp3) is 0.727. The van der Waals surface area contributed by atoms with Crippen molar-refractivity contribution in [3.05, 3.63) is 0 Å². The highest BCUT2D eigenvalue weighted by molar-refractivity contribution is 5.90. The summed E-state index contributed by atoms with van der Waals surface area (Å²) in [5.74, 6) is -1.47. The number of rotatable bonds is 2. The van der Waals surface area contributed by atoms with Gasteiger partial charge in [-0.15, -0.1) is 0 Å². The van der Waals surface area contributed by atoms with Crippen LogP contribution in [0.25, 0.3) is 0 Å². The molecule has 0 bridgehead atoms. The Morgan fingerprint density at radius 3 is 2.84 bits per heavy atom. The summed E-state index contributed by atoms with van der Waals surface area (Å²) >= 11 is 0. The van der Waals surface area contributed by atoms with Crippen LogP contribution in [0.1, 0.15) is 6.42 Å². The van der Waals surface area contributed by atoms with Gasteiger partial charge >= 0.3 is 12.0 Å².